The van der Waals surface area contributed by atoms with Gasteiger partial charge < -0.3 is 14.8 Å². The molecule has 0 spiro atoms. The Morgan fingerprint density at radius 2 is 1.92 bits per heavy atom. The van der Waals surface area contributed by atoms with E-state index in [2.05, 4.69) is 26.3 Å². The predicted octanol–water partition coefficient (Wildman–Crippen LogP) is 2.79. The fourth-order valence-corrected chi connectivity index (χ4v) is 3.52. The summed E-state index contributed by atoms with van der Waals surface area (Å²) in [6.45, 7) is 3.26. The third kappa shape index (κ3) is 3.90. The summed E-state index contributed by atoms with van der Waals surface area (Å²) in [4.78, 5) is 36.6. The van der Waals surface area contributed by atoms with Crippen molar-refractivity contribution in [1.29, 1.82) is 0 Å². The van der Waals surface area contributed by atoms with Crippen LogP contribution in [-0.4, -0.2) is 41.8 Å². The van der Waals surface area contributed by atoms with E-state index < -0.39 is 23.9 Å². The first-order valence-corrected chi connectivity index (χ1v) is 8.71. The molecule has 10 heteroatoms. The first-order valence-electron chi connectivity index (χ1n) is 7.10. The van der Waals surface area contributed by atoms with Gasteiger partial charge in [0.05, 0.1) is 30.5 Å². The summed E-state index contributed by atoms with van der Waals surface area (Å²) in [5.41, 5.74) is 0.531. The molecule has 1 N–H and O–H groups in total. The van der Waals surface area contributed by atoms with Crippen LogP contribution in [0.2, 0.25) is 0 Å². The highest BCUT2D eigenvalue weighted by Crippen LogP contribution is 2.34. The zero-order chi connectivity index (χ0) is 18.7. The molecule has 134 valence electrons. The minimum absolute atomic E-state index is 0.134. The van der Waals surface area contributed by atoms with Crippen LogP contribution in [0.5, 0.6) is 0 Å². The van der Waals surface area contributed by atoms with Gasteiger partial charge in [0.15, 0.2) is 0 Å². The summed E-state index contributed by atoms with van der Waals surface area (Å²) < 4.78 is 11.7. The first kappa shape index (κ1) is 19.1. The number of amides is 1. The Hall–Kier alpha value is -2.20. The number of esters is 2. The molecular formula is C15H16BrN3O5S. The van der Waals surface area contributed by atoms with Crippen LogP contribution in [0.25, 0.3) is 0 Å². The van der Waals surface area contributed by atoms with E-state index in [0.717, 1.165) is 15.8 Å². The molecule has 0 aromatic carbocycles. The molecule has 0 aliphatic heterocycles. The molecule has 0 radical (unpaired) electrons. The van der Waals surface area contributed by atoms with Crippen LogP contribution in [0.3, 0.4) is 0 Å². The number of methoxy groups -OCH3 is 2. The average Bonchev–Trinajstić information content (AvgIpc) is 3.16. The van der Waals surface area contributed by atoms with E-state index in [1.165, 1.54) is 18.9 Å². The normalized spacial score (nSPS) is 11.7. The number of hydrogen-bond donors (Lipinski definition) is 1. The standard InChI is InChI=1S/C15H16BrN3O5S/c1-7-10(14(21)23-3)13(25-11(7)15(22)24-4)18-12(20)8(2)19-6-9(16)5-17-19/h5-6,8H,1-4H3,(H,18,20). The Balaban J connectivity index is 2.35. The molecule has 0 fully saturated rings. The first-order chi connectivity index (χ1) is 11.8. The number of aromatic nitrogens is 2. The minimum atomic E-state index is -0.645. The van der Waals surface area contributed by atoms with Crippen molar-refractivity contribution in [3.05, 3.63) is 32.9 Å². The molecule has 8 nitrogen and oxygen atoms in total. The number of halogens is 1. The van der Waals surface area contributed by atoms with E-state index in [1.54, 1.807) is 26.2 Å². The SMILES string of the molecule is COC(=O)c1sc(NC(=O)C(C)n2cc(Br)cn2)c(C(=O)OC)c1C. The summed E-state index contributed by atoms with van der Waals surface area (Å²) in [6.07, 6.45) is 3.22. The maximum absolute atomic E-state index is 12.5. The lowest BCUT2D eigenvalue weighted by atomic mass is 10.1. The van der Waals surface area contributed by atoms with Crippen LogP contribution < -0.4 is 5.32 Å². The van der Waals surface area contributed by atoms with Gasteiger partial charge in [-0.2, -0.15) is 5.10 Å². The molecule has 0 aliphatic carbocycles. The van der Waals surface area contributed by atoms with Crippen LogP contribution in [0.4, 0.5) is 5.00 Å². The number of hydrogen-bond acceptors (Lipinski definition) is 7. The van der Waals surface area contributed by atoms with Crippen molar-refractivity contribution in [2.75, 3.05) is 19.5 Å². The van der Waals surface area contributed by atoms with Crippen molar-refractivity contribution in [2.45, 2.75) is 19.9 Å². The van der Waals surface area contributed by atoms with E-state index >= 15 is 0 Å². The van der Waals surface area contributed by atoms with Crippen LogP contribution in [0, 0.1) is 6.92 Å². The Morgan fingerprint density at radius 1 is 1.28 bits per heavy atom. The zero-order valence-electron chi connectivity index (χ0n) is 14.0. The van der Waals surface area contributed by atoms with Crippen molar-refractivity contribution in [3.63, 3.8) is 0 Å². The zero-order valence-corrected chi connectivity index (χ0v) is 16.4. The van der Waals surface area contributed by atoms with E-state index in [0.29, 0.717) is 5.56 Å². The number of ether oxygens (including phenoxy) is 2. The number of rotatable bonds is 5. The fourth-order valence-electron chi connectivity index (χ4n) is 2.10. The van der Waals surface area contributed by atoms with Gasteiger partial charge >= 0.3 is 11.9 Å². The van der Waals surface area contributed by atoms with Gasteiger partial charge in [-0.25, -0.2) is 9.59 Å². The molecule has 2 heterocycles. The summed E-state index contributed by atoms with van der Waals surface area (Å²) in [5, 5.41) is 6.96. The molecule has 0 aliphatic rings. The summed E-state index contributed by atoms with van der Waals surface area (Å²) in [5.74, 6) is -1.62. The Bertz CT molecular complexity index is 829. The second-order valence-electron chi connectivity index (χ2n) is 5.05. The van der Waals surface area contributed by atoms with Crippen molar-refractivity contribution in [2.24, 2.45) is 0 Å². The van der Waals surface area contributed by atoms with Gasteiger partial charge in [-0.1, -0.05) is 0 Å². The molecule has 1 amide bonds. The summed E-state index contributed by atoms with van der Waals surface area (Å²) in [7, 11) is 2.47. The number of carbonyl (C=O) groups excluding carboxylic acids is 3. The highest BCUT2D eigenvalue weighted by Gasteiger charge is 2.28. The van der Waals surface area contributed by atoms with Gasteiger partial charge in [-0.3, -0.25) is 9.48 Å². The molecular weight excluding hydrogens is 414 g/mol. The molecule has 2 rings (SSSR count). The van der Waals surface area contributed by atoms with Gasteiger partial charge in [0.2, 0.25) is 5.91 Å². The lowest BCUT2D eigenvalue weighted by Crippen LogP contribution is -2.24. The maximum atomic E-state index is 12.5. The number of nitrogens with zero attached hydrogens (tertiary/aromatic N) is 2. The van der Waals surface area contributed by atoms with Gasteiger partial charge in [0.25, 0.3) is 0 Å². The number of anilines is 1. The van der Waals surface area contributed by atoms with Crippen molar-refractivity contribution >= 4 is 50.1 Å². The van der Waals surface area contributed by atoms with Gasteiger partial charge in [-0.05, 0) is 35.3 Å². The molecule has 0 saturated carbocycles. The van der Waals surface area contributed by atoms with Crippen LogP contribution in [0.15, 0.2) is 16.9 Å². The Kier molecular flexibility index (Phi) is 5.96. The summed E-state index contributed by atoms with van der Waals surface area (Å²) in [6, 6.07) is -0.624. The molecule has 2 aromatic heterocycles. The van der Waals surface area contributed by atoms with Gasteiger partial charge in [-0.15, -0.1) is 11.3 Å². The smallest absolute Gasteiger partial charge is 0.348 e. The van der Waals surface area contributed by atoms with Crippen molar-refractivity contribution in [1.82, 2.24) is 9.78 Å². The second-order valence-corrected chi connectivity index (χ2v) is 6.98. The van der Waals surface area contributed by atoms with Crippen molar-refractivity contribution in [3.8, 4) is 0 Å². The quantitative estimate of drug-likeness (QED) is 0.733. The topological polar surface area (TPSA) is 99.5 Å². The molecule has 1 unspecified atom stereocenters. The van der Waals surface area contributed by atoms with E-state index in [9.17, 15) is 14.4 Å². The van der Waals surface area contributed by atoms with E-state index in [4.69, 9.17) is 9.47 Å². The molecule has 0 saturated heterocycles. The number of nitrogens with one attached hydrogen (secondary N) is 1. The maximum Gasteiger partial charge on any atom is 0.348 e. The fraction of sp³-hybridized carbons (Fsp3) is 0.333. The molecule has 2 aromatic rings. The predicted molar refractivity (Wildman–Crippen MR) is 95.0 cm³/mol. The third-order valence-corrected chi connectivity index (χ3v) is 5.09. The van der Waals surface area contributed by atoms with Gasteiger partial charge in [0.1, 0.15) is 15.9 Å². The number of carbonyl (C=O) groups is 3. The van der Waals surface area contributed by atoms with Crippen LogP contribution in [-0.2, 0) is 14.3 Å². The van der Waals surface area contributed by atoms with Crippen LogP contribution in [0.1, 0.15) is 38.6 Å². The molecule has 0 bridgehead atoms. The molecule has 1 atom stereocenters. The van der Waals surface area contributed by atoms with Gasteiger partial charge in [0, 0.05) is 6.20 Å². The monoisotopic (exact) mass is 429 g/mol. The highest BCUT2D eigenvalue weighted by molar-refractivity contribution is 9.10. The lowest BCUT2D eigenvalue weighted by molar-refractivity contribution is -0.119. The Morgan fingerprint density at radius 3 is 2.44 bits per heavy atom. The van der Waals surface area contributed by atoms with Crippen molar-refractivity contribution < 1.29 is 23.9 Å². The molecule has 25 heavy (non-hydrogen) atoms. The number of thiophene rings is 1. The largest absolute Gasteiger partial charge is 0.465 e. The van der Waals surface area contributed by atoms with E-state index in [-0.39, 0.29) is 15.4 Å². The Labute approximate surface area is 156 Å². The van der Waals surface area contributed by atoms with E-state index in [1.807, 2.05) is 0 Å². The highest BCUT2D eigenvalue weighted by atomic mass is 79.9. The van der Waals surface area contributed by atoms with Crippen LogP contribution >= 0.6 is 27.3 Å². The third-order valence-electron chi connectivity index (χ3n) is 3.49. The average molecular weight is 430 g/mol. The lowest BCUT2D eigenvalue weighted by Gasteiger charge is -2.12. The second kappa shape index (κ2) is 7.79. The summed E-state index contributed by atoms with van der Waals surface area (Å²) >= 11 is 4.23. The minimum Gasteiger partial charge on any atom is -0.465 e.